The normalized spacial score (nSPS) is 12.9. The third kappa shape index (κ3) is 3.70. The second-order valence-corrected chi connectivity index (χ2v) is 5.23. The van der Waals surface area contributed by atoms with Crippen LogP contribution in [-0.4, -0.2) is 18.5 Å². The van der Waals surface area contributed by atoms with E-state index in [0.717, 1.165) is 16.9 Å². The van der Waals surface area contributed by atoms with Crippen LogP contribution in [0.25, 0.3) is 6.08 Å². The van der Waals surface area contributed by atoms with Crippen molar-refractivity contribution in [3.05, 3.63) is 77.4 Å². The lowest BCUT2D eigenvalue weighted by molar-refractivity contribution is -0.255. The lowest BCUT2D eigenvalue weighted by atomic mass is 10.1. The van der Waals surface area contributed by atoms with E-state index in [1.165, 1.54) is 30.3 Å². The molecular weight excluding hydrogens is 306 g/mol. The van der Waals surface area contributed by atoms with Crippen molar-refractivity contribution in [2.75, 3.05) is 11.9 Å². The van der Waals surface area contributed by atoms with Gasteiger partial charge in [-0.25, -0.2) is 0 Å². The number of rotatable bonds is 4. The molecule has 24 heavy (non-hydrogen) atoms. The van der Waals surface area contributed by atoms with Gasteiger partial charge in [-0.3, -0.25) is 4.79 Å². The number of para-hydroxylation sites is 1. The van der Waals surface area contributed by atoms with Gasteiger partial charge in [0.25, 0.3) is 0 Å². The van der Waals surface area contributed by atoms with Gasteiger partial charge < -0.3 is 20.0 Å². The first kappa shape index (κ1) is 15.6. The Balaban J connectivity index is 1.64. The van der Waals surface area contributed by atoms with Gasteiger partial charge in [-0.15, -0.1) is 0 Å². The molecule has 0 atom stereocenters. The Morgan fingerprint density at radius 2 is 1.83 bits per heavy atom. The summed E-state index contributed by atoms with van der Waals surface area (Å²) in [6, 6.07) is 13.5. The Morgan fingerprint density at radius 3 is 2.58 bits per heavy atom. The summed E-state index contributed by atoms with van der Waals surface area (Å²) in [5, 5.41) is 13.3. The minimum Gasteiger partial charge on any atom is -0.545 e. The van der Waals surface area contributed by atoms with Crippen LogP contribution in [0.5, 0.6) is 5.75 Å². The number of carboxylic acid groups (broad SMARTS) is 1. The molecule has 1 aliphatic heterocycles. The van der Waals surface area contributed by atoms with E-state index in [1.807, 2.05) is 30.3 Å². The van der Waals surface area contributed by atoms with Crippen molar-refractivity contribution in [3.8, 4) is 5.75 Å². The van der Waals surface area contributed by atoms with Crippen LogP contribution in [0, 0.1) is 0 Å². The van der Waals surface area contributed by atoms with Crippen molar-refractivity contribution in [2.45, 2.75) is 0 Å². The maximum absolute atomic E-state index is 11.9. The maximum Gasteiger partial charge on any atom is 0.248 e. The summed E-state index contributed by atoms with van der Waals surface area (Å²) < 4.78 is 5.61. The Kier molecular flexibility index (Phi) is 4.43. The second-order valence-electron chi connectivity index (χ2n) is 5.23. The number of carbonyl (C=O) groups excluding carboxylic acids is 2. The average molecular weight is 320 g/mol. The Morgan fingerprint density at radius 1 is 1.08 bits per heavy atom. The van der Waals surface area contributed by atoms with Gasteiger partial charge in [-0.1, -0.05) is 36.4 Å². The fourth-order valence-corrected chi connectivity index (χ4v) is 2.29. The highest BCUT2D eigenvalue weighted by Gasteiger charge is 2.08. The van der Waals surface area contributed by atoms with Crippen molar-refractivity contribution >= 4 is 23.6 Å². The van der Waals surface area contributed by atoms with E-state index in [4.69, 9.17) is 4.74 Å². The van der Waals surface area contributed by atoms with Crippen molar-refractivity contribution in [1.29, 1.82) is 0 Å². The summed E-state index contributed by atoms with van der Waals surface area (Å²) in [4.78, 5) is 22.6. The van der Waals surface area contributed by atoms with Crippen molar-refractivity contribution in [2.24, 2.45) is 0 Å². The zero-order chi connectivity index (χ0) is 16.9. The molecule has 0 bridgehead atoms. The number of amides is 1. The van der Waals surface area contributed by atoms with Crippen LogP contribution in [0.2, 0.25) is 0 Å². The number of hydrogen-bond donors (Lipinski definition) is 1. The standard InChI is InChI=1S/C19H15NO4/c21-18(20-16-8-6-14(7-9-16)19(22)23)10-5-13-11-15-3-1-2-4-17(15)24-12-13/h1-11H,12H2,(H,20,21)(H,22,23)/p-1/b10-5+. The summed E-state index contributed by atoms with van der Waals surface area (Å²) in [6.07, 6.45) is 5.08. The van der Waals surface area contributed by atoms with E-state index in [0.29, 0.717) is 12.3 Å². The van der Waals surface area contributed by atoms with Gasteiger partial charge in [0, 0.05) is 17.3 Å². The molecule has 0 saturated carbocycles. The molecule has 1 amide bonds. The number of carboxylic acids is 1. The van der Waals surface area contributed by atoms with Crippen molar-refractivity contribution in [1.82, 2.24) is 0 Å². The SMILES string of the molecule is O=C(/C=C/C1=Cc2ccccc2OC1)Nc1ccc(C(=O)[O-])cc1. The molecule has 5 nitrogen and oxygen atoms in total. The molecule has 0 aliphatic carbocycles. The largest absolute Gasteiger partial charge is 0.545 e. The van der Waals surface area contributed by atoms with Crippen molar-refractivity contribution < 1.29 is 19.4 Å². The quantitative estimate of drug-likeness (QED) is 0.874. The van der Waals surface area contributed by atoms with Gasteiger partial charge in [-0.2, -0.15) is 0 Å². The number of benzene rings is 2. The Bertz CT molecular complexity index is 835. The summed E-state index contributed by atoms with van der Waals surface area (Å²) in [5.74, 6) is -0.736. The summed E-state index contributed by atoms with van der Waals surface area (Å²) in [5.41, 5.74) is 2.43. The van der Waals surface area contributed by atoms with Gasteiger partial charge in [0.2, 0.25) is 5.91 Å². The zero-order valence-electron chi connectivity index (χ0n) is 12.7. The molecule has 0 aromatic heterocycles. The van der Waals surface area contributed by atoms with Crippen LogP contribution in [0.3, 0.4) is 0 Å². The summed E-state index contributed by atoms with van der Waals surface area (Å²) in [6.45, 7) is 0.404. The van der Waals surface area contributed by atoms with E-state index in [2.05, 4.69) is 5.32 Å². The average Bonchev–Trinajstić information content (AvgIpc) is 2.60. The zero-order valence-corrected chi connectivity index (χ0v) is 12.7. The summed E-state index contributed by atoms with van der Waals surface area (Å²) >= 11 is 0. The molecule has 3 rings (SSSR count). The Hall–Kier alpha value is -3.34. The fraction of sp³-hybridized carbons (Fsp3) is 0.0526. The molecule has 2 aromatic rings. The number of ether oxygens (including phenoxy) is 1. The molecule has 0 radical (unpaired) electrons. The summed E-state index contributed by atoms with van der Waals surface area (Å²) in [7, 11) is 0. The van der Waals surface area contributed by atoms with E-state index in [1.54, 1.807) is 6.08 Å². The molecule has 1 aliphatic rings. The second kappa shape index (κ2) is 6.83. The van der Waals surface area contributed by atoms with Crippen LogP contribution >= 0.6 is 0 Å². The minimum atomic E-state index is -1.25. The van der Waals surface area contributed by atoms with Crippen molar-refractivity contribution in [3.63, 3.8) is 0 Å². The first-order valence-corrected chi connectivity index (χ1v) is 7.35. The number of fused-ring (bicyclic) bond motifs is 1. The number of nitrogens with one attached hydrogen (secondary N) is 1. The van der Waals surface area contributed by atoms with E-state index >= 15 is 0 Å². The molecule has 0 spiro atoms. The smallest absolute Gasteiger partial charge is 0.248 e. The number of hydrogen-bond acceptors (Lipinski definition) is 4. The molecule has 0 unspecified atom stereocenters. The number of carbonyl (C=O) groups is 2. The highest BCUT2D eigenvalue weighted by atomic mass is 16.5. The van der Waals surface area contributed by atoms with Crippen LogP contribution in [-0.2, 0) is 4.79 Å². The lowest BCUT2D eigenvalue weighted by Gasteiger charge is -2.15. The van der Waals surface area contributed by atoms with E-state index in [9.17, 15) is 14.7 Å². The van der Waals surface area contributed by atoms with Gasteiger partial charge in [0.15, 0.2) is 0 Å². The first-order valence-electron chi connectivity index (χ1n) is 7.35. The molecule has 1 N–H and O–H groups in total. The minimum absolute atomic E-state index is 0.0618. The van der Waals surface area contributed by atoms with Gasteiger partial charge in [0.1, 0.15) is 12.4 Å². The Labute approximate surface area is 138 Å². The van der Waals surface area contributed by atoms with Gasteiger partial charge in [-0.05, 0) is 35.4 Å². The lowest BCUT2D eigenvalue weighted by Crippen LogP contribution is -2.22. The molecule has 120 valence electrons. The first-order chi connectivity index (χ1) is 11.6. The molecule has 0 fully saturated rings. The van der Waals surface area contributed by atoms with Crippen LogP contribution in [0.15, 0.2) is 66.3 Å². The monoisotopic (exact) mass is 320 g/mol. The van der Waals surface area contributed by atoms with Crippen LogP contribution in [0.4, 0.5) is 5.69 Å². The highest BCUT2D eigenvalue weighted by Crippen LogP contribution is 2.25. The van der Waals surface area contributed by atoms with Gasteiger partial charge in [0.05, 0.1) is 5.97 Å². The third-order valence-corrected chi connectivity index (χ3v) is 3.49. The number of aromatic carboxylic acids is 1. The predicted molar refractivity (Wildman–Crippen MR) is 88.5 cm³/mol. The van der Waals surface area contributed by atoms with Crippen LogP contribution < -0.4 is 15.2 Å². The molecule has 5 heteroatoms. The maximum atomic E-state index is 11.9. The third-order valence-electron chi connectivity index (χ3n) is 3.49. The van der Waals surface area contributed by atoms with E-state index in [-0.39, 0.29) is 11.5 Å². The van der Waals surface area contributed by atoms with E-state index < -0.39 is 5.97 Å². The molecular formula is C19H14NO4-. The molecule has 0 saturated heterocycles. The van der Waals surface area contributed by atoms with Gasteiger partial charge >= 0.3 is 0 Å². The highest BCUT2D eigenvalue weighted by molar-refractivity contribution is 6.00. The fourth-order valence-electron chi connectivity index (χ4n) is 2.29. The molecule has 2 aromatic carbocycles. The predicted octanol–water partition coefficient (Wildman–Crippen LogP) is 2.02. The molecule has 1 heterocycles. The van der Waals surface area contributed by atoms with Crippen LogP contribution in [0.1, 0.15) is 15.9 Å². The number of anilines is 1. The topological polar surface area (TPSA) is 78.5 Å².